The molecule has 1 aromatic heterocycles. The van der Waals surface area contributed by atoms with Crippen molar-refractivity contribution in [3.05, 3.63) is 28.4 Å². The van der Waals surface area contributed by atoms with Crippen LogP contribution in [0.4, 0.5) is 5.82 Å². The summed E-state index contributed by atoms with van der Waals surface area (Å²) in [6.45, 7) is 0. The number of nitrogens with zero attached hydrogens (tertiary/aromatic N) is 1. The van der Waals surface area contributed by atoms with Gasteiger partial charge in [-0.15, -0.1) is 0 Å². The average Bonchev–Trinajstić information content (AvgIpc) is 2.31. The van der Waals surface area contributed by atoms with E-state index in [-0.39, 0.29) is 5.82 Å². The molecule has 0 aliphatic heterocycles. The summed E-state index contributed by atoms with van der Waals surface area (Å²) < 4.78 is 8.88. The highest BCUT2D eigenvalue weighted by Gasteiger charge is 2.00. The maximum atomic E-state index is 9.84. The van der Waals surface area contributed by atoms with E-state index in [0.717, 1.165) is 0 Å². The molecule has 1 aromatic rings. The Labute approximate surface area is 72.2 Å². The second kappa shape index (κ2) is 4.73. The van der Waals surface area contributed by atoms with E-state index in [2.05, 4.69) is 4.98 Å². The number of rotatable bonds is 1. The van der Waals surface area contributed by atoms with Crippen LogP contribution in [0.2, 0.25) is 0 Å². The van der Waals surface area contributed by atoms with Crippen molar-refractivity contribution in [3.8, 4) is 0 Å². The predicted octanol–water partition coefficient (Wildman–Crippen LogP) is -0.00570. The third kappa shape index (κ3) is 8.70. The average molecular weight is 210 g/mol. The van der Waals surface area contributed by atoms with Crippen molar-refractivity contribution in [1.29, 1.82) is 0 Å². The van der Waals surface area contributed by atoms with E-state index in [1.807, 2.05) is 0 Å². The van der Waals surface area contributed by atoms with E-state index < -0.39 is 12.7 Å². The zero-order valence-electron chi connectivity index (χ0n) is 6.19. The maximum Gasteiger partial charge on any atom is 0.466 e. The highest BCUT2D eigenvalue weighted by Crippen LogP contribution is 2.25. The summed E-state index contributed by atoms with van der Waals surface area (Å²) in [4.78, 5) is 33.4. The van der Waals surface area contributed by atoms with Crippen molar-refractivity contribution in [2.75, 3.05) is 0 Å². The first-order valence-electron chi connectivity index (χ1n) is 2.87. The summed E-state index contributed by atoms with van der Waals surface area (Å²) in [5, 5.41) is 9.84. The van der Waals surface area contributed by atoms with E-state index >= 15 is 0 Å². The fourth-order valence-corrected chi connectivity index (χ4v) is 0.434. The van der Waals surface area contributed by atoms with Gasteiger partial charge < -0.3 is 24.8 Å². The van der Waals surface area contributed by atoms with Gasteiger partial charge in [0.1, 0.15) is 0 Å². The Hall–Kier alpha value is -1.21. The van der Waals surface area contributed by atoms with E-state index in [0.29, 0.717) is 0 Å². The van der Waals surface area contributed by atoms with Gasteiger partial charge in [0.2, 0.25) is 0 Å². The molecule has 0 radical (unpaired) electrons. The van der Waals surface area contributed by atoms with Crippen LogP contribution in [0.15, 0.2) is 18.3 Å². The van der Waals surface area contributed by atoms with Crippen molar-refractivity contribution in [1.82, 2.24) is 4.98 Å². The van der Waals surface area contributed by atoms with Crippen molar-refractivity contribution in [3.63, 3.8) is 0 Å². The lowest BCUT2D eigenvalue weighted by molar-refractivity contribution is -0.389. The Morgan fingerprint density at radius 1 is 1.46 bits per heavy atom. The van der Waals surface area contributed by atoms with Crippen LogP contribution in [0.3, 0.4) is 0 Å². The first-order valence-corrected chi connectivity index (χ1v) is 4.43. The normalized spacial score (nSPS) is 10.1. The van der Waals surface area contributed by atoms with Crippen LogP contribution in [-0.4, -0.2) is 24.6 Å². The molecule has 0 aliphatic carbocycles. The second-order valence-electron chi connectivity index (χ2n) is 1.83. The molecule has 0 saturated heterocycles. The molecule has 1 rings (SSSR count). The molecule has 0 spiro atoms. The summed E-state index contributed by atoms with van der Waals surface area (Å²) in [7, 11) is -4.64. The number of hydrogen-bond donors (Lipinski definition) is 4. The Bertz CT molecular complexity index is 294. The molecule has 9 heteroatoms. The van der Waals surface area contributed by atoms with Gasteiger partial charge >= 0.3 is 13.6 Å². The lowest BCUT2D eigenvalue weighted by Crippen LogP contribution is -1.85. The summed E-state index contributed by atoms with van der Waals surface area (Å²) in [6.07, 6.45) is 1.51. The number of nitrogens with one attached hydrogen (secondary N) is 1. The Morgan fingerprint density at radius 2 is 1.92 bits per heavy atom. The molecule has 0 unspecified atom stereocenters. The molecule has 0 bridgehead atoms. The van der Waals surface area contributed by atoms with E-state index in [1.54, 1.807) is 6.07 Å². The smallest absolute Gasteiger partial charge is 0.358 e. The summed E-state index contributed by atoms with van der Waals surface area (Å²) in [5.41, 5.74) is 0. The van der Waals surface area contributed by atoms with Crippen LogP contribution >= 0.6 is 7.82 Å². The minimum absolute atomic E-state index is 0.0324. The summed E-state index contributed by atoms with van der Waals surface area (Å²) in [6, 6.07) is 2.98. The Balaban J connectivity index is 0.000000252. The highest BCUT2D eigenvalue weighted by molar-refractivity contribution is 7.45. The number of nitro groups is 1. The van der Waals surface area contributed by atoms with Gasteiger partial charge in [0, 0.05) is 6.07 Å². The minimum Gasteiger partial charge on any atom is -0.358 e. The number of aromatic amines is 1. The van der Waals surface area contributed by atoms with Gasteiger partial charge in [-0.1, -0.05) is 0 Å². The van der Waals surface area contributed by atoms with E-state index in [9.17, 15) is 10.1 Å². The zero-order chi connectivity index (χ0) is 10.5. The molecule has 0 saturated carbocycles. The molecule has 13 heavy (non-hydrogen) atoms. The second-order valence-corrected chi connectivity index (χ2v) is 2.85. The van der Waals surface area contributed by atoms with Crippen LogP contribution in [-0.2, 0) is 4.57 Å². The predicted molar refractivity (Wildman–Crippen MR) is 41.7 cm³/mol. The fraction of sp³-hybridized carbons (Fsp3) is 0. The van der Waals surface area contributed by atoms with Crippen molar-refractivity contribution >= 4 is 13.6 Å². The molecule has 4 N–H and O–H groups in total. The molecule has 0 atom stereocenters. The van der Waals surface area contributed by atoms with Gasteiger partial charge in [0.15, 0.2) is 0 Å². The van der Waals surface area contributed by atoms with E-state index in [1.165, 1.54) is 12.3 Å². The number of hydrogen-bond acceptors (Lipinski definition) is 3. The minimum atomic E-state index is -4.64. The first kappa shape index (κ1) is 11.8. The largest absolute Gasteiger partial charge is 0.466 e. The Morgan fingerprint density at radius 3 is 2.08 bits per heavy atom. The number of H-pyrrole nitrogens is 1. The van der Waals surface area contributed by atoms with Crippen LogP contribution in [0.5, 0.6) is 0 Å². The molecule has 8 nitrogen and oxygen atoms in total. The molecule has 74 valence electrons. The zero-order valence-corrected chi connectivity index (χ0v) is 7.09. The summed E-state index contributed by atoms with van der Waals surface area (Å²) in [5.74, 6) is 0.0324. The van der Waals surface area contributed by atoms with Crippen LogP contribution in [0, 0.1) is 10.1 Å². The molecule has 1 heterocycles. The molecule has 0 aliphatic rings. The van der Waals surface area contributed by atoms with E-state index in [4.69, 9.17) is 19.2 Å². The van der Waals surface area contributed by atoms with Crippen molar-refractivity contribution < 1.29 is 24.2 Å². The SMILES string of the molecule is O=P(O)(O)O.O=[N+]([O-])c1ccc[nH]1. The van der Waals surface area contributed by atoms with Crippen LogP contribution in [0.25, 0.3) is 0 Å². The maximum absolute atomic E-state index is 9.84. The van der Waals surface area contributed by atoms with Crippen molar-refractivity contribution in [2.24, 2.45) is 0 Å². The standard InChI is InChI=1S/C4H4N2O2.H3O4P/c7-6(8)4-2-1-3-5-4;1-5(2,3)4/h1-3,5H;(H3,1,2,3,4). The third-order valence-corrected chi connectivity index (χ3v) is 0.778. The number of phosphoric acid groups is 1. The Kier molecular flexibility index (Phi) is 4.29. The number of aromatic nitrogens is 1. The molecular weight excluding hydrogens is 203 g/mol. The highest BCUT2D eigenvalue weighted by atomic mass is 31.2. The first-order chi connectivity index (χ1) is 5.80. The molecule has 0 fully saturated rings. The topological polar surface area (TPSA) is 137 Å². The van der Waals surface area contributed by atoms with Gasteiger partial charge in [-0.05, 0) is 11.0 Å². The van der Waals surface area contributed by atoms with Crippen molar-refractivity contribution in [2.45, 2.75) is 0 Å². The fourth-order valence-electron chi connectivity index (χ4n) is 0.434. The third-order valence-electron chi connectivity index (χ3n) is 0.778. The van der Waals surface area contributed by atoms with Gasteiger partial charge in [-0.3, -0.25) is 0 Å². The molecule has 0 amide bonds. The lowest BCUT2D eigenvalue weighted by atomic mass is 10.6. The monoisotopic (exact) mass is 210 g/mol. The van der Waals surface area contributed by atoms with Crippen LogP contribution in [0.1, 0.15) is 0 Å². The van der Waals surface area contributed by atoms with Gasteiger partial charge in [-0.2, -0.15) is 0 Å². The molecule has 0 aromatic carbocycles. The quantitative estimate of drug-likeness (QED) is 0.292. The van der Waals surface area contributed by atoms with Crippen LogP contribution < -0.4 is 0 Å². The molecular formula is C4H7N2O6P. The van der Waals surface area contributed by atoms with Gasteiger partial charge in [0.05, 0.1) is 6.20 Å². The van der Waals surface area contributed by atoms with Gasteiger partial charge in [0.25, 0.3) is 0 Å². The summed E-state index contributed by atoms with van der Waals surface area (Å²) >= 11 is 0. The lowest BCUT2D eigenvalue weighted by Gasteiger charge is -1.84. The van der Waals surface area contributed by atoms with Gasteiger partial charge in [-0.25, -0.2) is 9.55 Å².